The van der Waals surface area contributed by atoms with E-state index < -0.39 is 12.0 Å². The molecule has 0 saturated carbocycles. The first-order valence-electron chi connectivity index (χ1n) is 8.76. The van der Waals surface area contributed by atoms with Gasteiger partial charge in [0, 0.05) is 24.3 Å². The standard InChI is InChI=1S/C19H21N3O4S/c1-11(19(25)26)22(2)18(24)15-13-7-3-4-8-14(13)27-17(15)21-16(23)12-6-5-9-20-10-12/h5-6,9-11H,3-4,7-8H2,1-2H3,(H,21,23)(H,25,26). The third-order valence-electron chi connectivity index (χ3n) is 4.79. The molecule has 0 fully saturated rings. The minimum atomic E-state index is -1.07. The molecule has 2 aromatic rings. The summed E-state index contributed by atoms with van der Waals surface area (Å²) < 4.78 is 0. The van der Waals surface area contributed by atoms with Gasteiger partial charge >= 0.3 is 5.97 Å². The highest BCUT2D eigenvalue weighted by atomic mass is 32.1. The molecular formula is C19H21N3O4S. The lowest BCUT2D eigenvalue weighted by molar-refractivity contribution is -0.141. The fraction of sp³-hybridized carbons (Fsp3) is 0.368. The van der Waals surface area contributed by atoms with Crippen LogP contribution in [0.2, 0.25) is 0 Å². The number of fused-ring (bicyclic) bond motifs is 1. The lowest BCUT2D eigenvalue weighted by atomic mass is 9.95. The molecule has 1 aliphatic rings. The zero-order valence-electron chi connectivity index (χ0n) is 15.2. The van der Waals surface area contributed by atoms with Gasteiger partial charge in [-0.2, -0.15) is 0 Å². The molecule has 2 heterocycles. The van der Waals surface area contributed by atoms with E-state index in [1.807, 2.05) is 0 Å². The Hall–Kier alpha value is -2.74. The smallest absolute Gasteiger partial charge is 0.326 e. The van der Waals surface area contributed by atoms with E-state index in [9.17, 15) is 19.5 Å². The van der Waals surface area contributed by atoms with Gasteiger partial charge in [0.25, 0.3) is 11.8 Å². The molecule has 0 aromatic carbocycles. The van der Waals surface area contributed by atoms with Gasteiger partial charge in [-0.15, -0.1) is 11.3 Å². The summed E-state index contributed by atoms with van der Waals surface area (Å²) in [7, 11) is 1.47. The molecule has 1 aliphatic carbocycles. The third-order valence-corrected chi connectivity index (χ3v) is 6.00. The zero-order valence-corrected chi connectivity index (χ0v) is 16.0. The SMILES string of the molecule is CC(C(=O)O)N(C)C(=O)c1c(NC(=O)c2cccnc2)sc2c1CCCC2. The summed E-state index contributed by atoms with van der Waals surface area (Å²) in [6.45, 7) is 1.47. The van der Waals surface area contributed by atoms with Crippen LogP contribution < -0.4 is 5.32 Å². The van der Waals surface area contributed by atoms with E-state index in [1.54, 1.807) is 18.3 Å². The maximum absolute atomic E-state index is 13.1. The maximum Gasteiger partial charge on any atom is 0.326 e. The Morgan fingerprint density at radius 2 is 2.04 bits per heavy atom. The molecule has 1 unspecified atom stereocenters. The van der Waals surface area contributed by atoms with Gasteiger partial charge in [0.05, 0.1) is 11.1 Å². The van der Waals surface area contributed by atoms with Crippen molar-refractivity contribution in [1.82, 2.24) is 9.88 Å². The molecule has 1 atom stereocenters. The van der Waals surface area contributed by atoms with Crippen LogP contribution in [0.25, 0.3) is 0 Å². The quantitative estimate of drug-likeness (QED) is 0.822. The number of aliphatic carboxylic acids is 1. The van der Waals surface area contributed by atoms with Gasteiger partial charge in [-0.3, -0.25) is 14.6 Å². The summed E-state index contributed by atoms with van der Waals surface area (Å²) in [5.41, 5.74) is 1.75. The monoisotopic (exact) mass is 387 g/mol. The second-order valence-electron chi connectivity index (χ2n) is 6.54. The number of rotatable bonds is 5. The fourth-order valence-corrected chi connectivity index (χ4v) is 4.35. The Morgan fingerprint density at radius 1 is 1.30 bits per heavy atom. The van der Waals surface area contributed by atoms with Crippen LogP contribution in [-0.4, -0.2) is 45.9 Å². The van der Waals surface area contributed by atoms with E-state index >= 15 is 0 Å². The van der Waals surface area contributed by atoms with Crippen LogP contribution in [0.4, 0.5) is 5.00 Å². The second kappa shape index (κ2) is 7.87. The van der Waals surface area contributed by atoms with E-state index in [-0.39, 0.29) is 11.8 Å². The van der Waals surface area contributed by atoms with Crippen molar-refractivity contribution < 1.29 is 19.5 Å². The van der Waals surface area contributed by atoms with Crippen molar-refractivity contribution in [3.8, 4) is 0 Å². The van der Waals surface area contributed by atoms with Gasteiger partial charge in [-0.05, 0) is 50.3 Å². The summed E-state index contributed by atoms with van der Waals surface area (Å²) in [6, 6.07) is 2.36. The number of carboxylic acid groups (broad SMARTS) is 1. The predicted molar refractivity (Wildman–Crippen MR) is 102 cm³/mol. The number of nitrogens with one attached hydrogen (secondary N) is 1. The molecule has 0 aliphatic heterocycles. The van der Waals surface area contributed by atoms with Crippen LogP contribution >= 0.6 is 11.3 Å². The van der Waals surface area contributed by atoms with Crippen molar-refractivity contribution in [2.45, 2.75) is 38.6 Å². The summed E-state index contributed by atoms with van der Waals surface area (Å²) >= 11 is 1.40. The predicted octanol–water partition coefficient (Wildman–Crippen LogP) is 2.82. The molecule has 7 nitrogen and oxygen atoms in total. The molecule has 0 radical (unpaired) electrons. The minimum Gasteiger partial charge on any atom is -0.480 e. The van der Waals surface area contributed by atoms with E-state index in [1.165, 1.54) is 36.4 Å². The second-order valence-corrected chi connectivity index (χ2v) is 7.65. The van der Waals surface area contributed by atoms with Gasteiger partial charge in [-0.1, -0.05) is 0 Å². The third kappa shape index (κ3) is 3.85. The largest absolute Gasteiger partial charge is 0.480 e. The Kier molecular flexibility index (Phi) is 5.55. The molecule has 3 rings (SSSR count). The summed E-state index contributed by atoms with van der Waals surface area (Å²) in [6.07, 6.45) is 6.67. The first kappa shape index (κ1) is 19.0. The summed E-state index contributed by atoms with van der Waals surface area (Å²) in [5.74, 6) is -1.80. The van der Waals surface area contributed by atoms with E-state index in [0.29, 0.717) is 16.1 Å². The highest BCUT2D eigenvalue weighted by molar-refractivity contribution is 7.17. The van der Waals surface area contributed by atoms with Crippen molar-refractivity contribution in [1.29, 1.82) is 0 Å². The first-order valence-corrected chi connectivity index (χ1v) is 9.57. The molecule has 8 heteroatoms. The van der Waals surface area contributed by atoms with Crippen molar-refractivity contribution in [2.24, 2.45) is 0 Å². The number of carbonyl (C=O) groups is 3. The number of hydrogen-bond acceptors (Lipinski definition) is 5. The number of hydrogen-bond donors (Lipinski definition) is 2. The number of aromatic nitrogens is 1. The summed E-state index contributed by atoms with van der Waals surface area (Å²) in [5, 5.41) is 12.5. The van der Waals surface area contributed by atoms with Crippen LogP contribution in [0, 0.1) is 0 Å². The minimum absolute atomic E-state index is 0.343. The normalized spacial score (nSPS) is 14.1. The van der Waals surface area contributed by atoms with Crippen LogP contribution in [-0.2, 0) is 17.6 Å². The lowest BCUT2D eigenvalue weighted by Gasteiger charge is -2.23. The number of pyridine rings is 1. The molecule has 2 aromatic heterocycles. The number of carboxylic acids is 1. The van der Waals surface area contributed by atoms with Crippen molar-refractivity contribution in [2.75, 3.05) is 12.4 Å². The Bertz CT molecular complexity index is 879. The Morgan fingerprint density at radius 3 is 2.70 bits per heavy atom. The highest BCUT2D eigenvalue weighted by Crippen LogP contribution is 2.39. The Balaban J connectivity index is 1.97. The molecule has 142 valence electrons. The zero-order chi connectivity index (χ0) is 19.6. The molecule has 2 N–H and O–H groups in total. The molecular weight excluding hydrogens is 366 g/mol. The van der Waals surface area contributed by atoms with Crippen LogP contribution in [0.15, 0.2) is 24.5 Å². The number of thiophene rings is 1. The van der Waals surface area contributed by atoms with Crippen LogP contribution in [0.1, 0.15) is 50.9 Å². The van der Waals surface area contributed by atoms with Crippen molar-refractivity contribution in [3.63, 3.8) is 0 Å². The van der Waals surface area contributed by atoms with Crippen LogP contribution in [0.5, 0.6) is 0 Å². The number of aryl methyl sites for hydroxylation is 1. The van der Waals surface area contributed by atoms with E-state index in [2.05, 4.69) is 10.3 Å². The number of nitrogens with zero attached hydrogens (tertiary/aromatic N) is 2. The lowest BCUT2D eigenvalue weighted by Crippen LogP contribution is -2.40. The fourth-order valence-electron chi connectivity index (χ4n) is 3.07. The average Bonchev–Trinajstić information content (AvgIpc) is 3.04. The number of likely N-dealkylation sites (N-methyl/N-ethyl adjacent to an activating group) is 1. The molecule has 27 heavy (non-hydrogen) atoms. The van der Waals surface area contributed by atoms with Gasteiger partial charge in [0.1, 0.15) is 11.0 Å². The van der Waals surface area contributed by atoms with Gasteiger partial charge in [0.2, 0.25) is 0 Å². The van der Waals surface area contributed by atoms with E-state index in [0.717, 1.165) is 36.1 Å². The molecule has 2 amide bonds. The Labute approximate surface area is 161 Å². The summed E-state index contributed by atoms with van der Waals surface area (Å²) in [4.78, 5) is 43.1. The van der Waals surface area contributed by atoms with Crippen molar-refractivity contribution >= 4 is 34.1 Å². The number of amides is 2. The maximum atomic E-state index is 13.1. The number of anilines is 1. The molecule has 0 bridgehead atoms. The van der Waals surface area contributed by atoms with Gasteiger partial charge in [-0.25, -0.2) is 4.79 Å². The number of carbonyl (C=O) groups excluding carboxylic acids is 2. The van der Waals surface area contributed by atoms with Gasteiger partial charge < -0.3 is 15.3 Å². The van der Waals surface area contributed by atoms with E-state index in [4.69, 9.17) is 0 Å². The molecule has 0 spiro atoms. The first-order chi connectivity index (χ1) is 12.9. The van der Waals surface area contributed by atoms with Gasteiger partial charge in [0.15, 0.2) is 0 Å². The topological polar surface area (TPSA) is 99.6 Å². The van der Waals surface area contributed by atoms with Crippen molar-refractivity contribution in [3.05, 3.63) is 46.1 Å². The molecule has 0 saturated heterocycles. The highest BCUT2D eigenvalue weighted by Gasteiger charge is 2.31. The average molecular weight is 387 g/mol. The van der Waals surface area contributed by atoms with Crippen LogP contribution in [0.3, 0.4) is 0 Å².